The summed E-state index contributed by atoms with van der Waals surface area (Å²) in [5.74, 6) is 1.14. The minimum absolute atomic E-state index is 0. The van der Waals surface area contributed by atoms with Gasteiger partial charge in [0.15, 0.2) is 5.78 Å². The number of carbonyl (C=O) groups is 1. The van der Waals surface area contributed by atoms with Crippen LogP contribution in [0.5, 0.6) is 0 Å². The van der Waals surface area contributed by atoms with Gasteiger partial charge in [-0.2, -0.15) is 0 Å². The first-order valence-corrected chi connectivity index (χ1v) is 15.8. The van der Waals surface area contributed by atoms with Crippen molar-refractivity contribution >= 4 is 27.5 Å². The molecule has 0 saturated carbocycles. The van der Waals surface area contributed by atoms with Gasteiger partial charge in [-0.15, -0.1) is 34.9 Å². The second kappa shape index (κ2) is 15.4. The molecule has 4 aromatic rings. The van der Waals surface area contributed by atoms with Crippen LogP contribution in [0.25, 0.3) is 32.9 Å². The van der Waals surface area contributed by atoms with Crippen LogP contribution in [0.2, 0.25) is 0 Å². The van der Waals surface area contributed by atoms with Gasteiger partial charge in [-0.05, 0) is 62.1 Å². The Kier molecular flexibility index (Phi) is 13.0. The molecule has 0 fully saturated rings. The number of fused-ring (bicyclic) bond motifs is 3. The van der Waals surface area contributed by atoms with Crippen molar-refractivity contribution < 1.29 is 30.0 Å². The zero-order chi connectivity index (χ0) is 32.1. The Morgan fingerprint density at radius 3 is 2.02 bits per heavy atom. The summed E-state index contributed by atoms with van der Waals surface area (Å²) in [6.45, 7) is 22.5. The largest absolute Gasteiger partial charge is 0.512 e. The van der Waals surface area contributed by atoms with Crippen LogP contribution < -0.4 is 0 Å². The molecule has 0 spiro atoms. The van der Waals surface area contributed by atoms with Gasteiger partial charge in [0.25, 0.3) is 0 Å². The van der Waals surface area contributed by atoms with Gasteiger partial charge in [0.05, 0.1) is 5.52 Å². The van der Waals surface area contributed by atoms with Gasteiger partial charge in [0.2, 0.25) is 0 Å². The number of nitrogens with zero attached hydrogens (tertiary/aromatic N) is 3. The van der Waals surface area contributed by atoms with Crippen LogP contribution >= 0.6 is 0 Å². The third kappa shape index (κ3) is 8.00. The fraction of sp³-hybridized carbons (Fsp3) is 0.474. The van der Waals surface area contributed by atoms with Crippen LogP contribution in [0.3, 0.4) is 0 Å². The Balaban J connectivity index is 0.000000331. The minimum Gasteiger partial charge on any atom is -0.512 e. The van der Waals surface area contributed by atoms with Crippen LogP contribution in [0.15, 0.2) is 42.2 Å². The third-order valence-corrected chi connectivity index (χ3v) is 9.34. The number of aryl methyl sites for hydroxylation is 5. The first-order chi connectivity index (χ1) is 20.2. The number of aliphatic hydroxyl groups excluding tert-OH is 1. The molecule has 0 amide bonds. The number of rotatable bonds is 9. The topological polar surface area (TPSA) is 76.0 Å². The SMILES string of the molecule is CCC(C)(CC)C(=O)/C=C(\O)C(C)(CC)CC.CCc1nc(-c2[c-]c(C)cc(C)c2)c2ccc3cc(C)nc(C)c3c2n1.[Ir]. The van der Waals surface area contributed by atoms with Crippen molar-refractivity contribution in [1.82, 2.24) is 15.0 Å². The Bertz CT molecular complexity index is 1630. The van der Waals surface area contributed by atoms with E-state index < -0.39 is 0 Å². The molecule has 4 rings (SSSR count). The summed E-state index contributed by atoms with van der Waals surface area (Å²) in [5, 5.41) is 13.5. The van der Waals surface area contributed by atoms with Crippen LogP contribution in [0, 0.1) is 44.6 Å². The van der Waals surface area contributed by atoms with Crippen LogP contribution in [-0.4, -0.2) is 25.8 Å². The maximum atomic E-state index is 12.2. The smallest absolute Gasteiger partial charge is 0.164 e. The Morgan fingerprint density at radius 2 is 1.48 bits per heavy atom. The van der Waals surface area contributed by atoms with E-state index >= 15 is 0 Å². The molecule has 0 saturated heterocycles. The third-order valence-electron chi connectivity index (χ3n) is 9.34. The standard InChI is InChI=1S/C23H22N3.C15H28O2.Ir/c1-6-20-25-22(18-10-13(2)9-14(3)11-18)19-8-7-17-12-15(4)24-16(5)21(17)23(19)26-20;1-7-14(5,8-2)12(16)11-13(17)15(6,9-3)10-4;/h7-10,12H,6H2,1-5H3;11,16H,7-10H2,1-6H3;/q-1;;/b;12-11-;. The van der Waals surface area contributed by atoms with Gasteiger partial charge in [0, 0.05) is 60.2 Å². The van der Waals surface area contributed by atoms with E-state index in [0.29, 0.717) is 0 Å². The molecular formula is C38H50IrN3O2-. The Labute approximate surface area is 278 Å². The van der Waals surface area contributed by atoms with Gasteiger partial charge in [-0.3, -0.25) is 14.8 Å². The second-order valence-electron chi connectivity index (χ2n) is 12.4. The first-order valence-electron chi connectivity index (χ1n) is 15.8. The number of hydrogen-bond acceptors (Lipinski definition) is 5. The zero-order valence-corrected chi connectivity index (χ0v) is 30.9. The van der Waals surface area contributed by atoms with Crippen molar-refractivity contribution in [2.75, 3.05) is 0 Å². The van der Waals surface area contributed by atoms with E-state index in [9.17, 15) is 9.90 Å². The van der Waals surface area contributed by atoms with E-state index in [1.54, 1.807) is 0 Å². The number of pyridine rings is 1. The summed E-state index contributed by atoms with van der Waals surface area (Å²) >= 11 is 0. The van der Waals surface area contributed by atoms with Crippen molar-refractivity contribution in [2.45, 2.75) is 108 Å². The number of allylic oxidation sites excluding steroid dienone is 2. The Morgan fingerprint density at radius 1 is 0.864 bits per heavy atom. The van der Waals surface area contributed by atoms with E-state index in [1.165, 1.54) is 17.0 Å². The minimum atomic E-state index is -0.337. The molecule has 2 aromatic carbocycles. The maximum Gasteiger partial charge on any atom is 0.164 e. The monoisotopic (exact) mass is 773 g/mol. The number of aliphatic hydroxyl groups is 1. The van der Waals surface area contributed by atoms with Crippen LogP contribution in [-0.2, 0) is 31.3 Å². The van der Waals surface area contributed by atoms with Crippen molar-refractivity contribution in [3.8, 4) is 11.3 Å². The Hall–Kier alpha value is -2.95. The van der Waals surface area contributed by atoms with E-state index in [4.69, 9.17) is 9.97 Å². The molecule has 1 radical (unpaired) electrons. The molecule has 2 heterocycles. The molecular weight excluding hydrogens is 723 g/mol. The van der Waals surface area contributed by atoms with Crippen LogP contribution in [0.1, 0.15) is 102 Å². The molecule has 2 aromatic heterocycles. The summed E-state index contributed by atoms with van der Waals surface area (Å²) in [5.41, 5.74) is 6.76. The fourth-order valence-electron chi connectivity index (χ4n) is 5.41. The van der Waals surface area contributed by atoms with Gasteiger partial charge in [0.1, 0.15) is 11.6 Å². The molecule has 5 nitrogen and oxygen atoms in total. The summed E-state index contributed by atoms with van der Waals surface area (Å²) in [6, 6.07) is 14.2. The maximum absolute atomic E-state index is 12.2. The molecule has 0 bridgehead atoms. The molecule has 0 aliphatic heterocycles. The number of benzene rings is 2. The van der Waals surface area contributed by atoms with Gasteiger partial charge < -0.3 is 5.11 Å². The molecule has 0 aliphatic rings. The predicted octanol–water partition coefficient (Wildman–Crippen LogP) is 10.1. The summed E-state index contributed by atoms with van der Waals surface area (Å²) < 4.78 is 0. The van der Waals surface area contributed by atoms with E-state index in [2.05, 4.69) is 69.1 Å². The van der Waals surface area contributed by atoms with Crippen molar-refractivity contribution in [2.24, 2.45) is 10.8 Å². The summed E-state index contributed by atoms with van der Waals surface area (Å²) in [7, 11) is 0. The van der Waals surface area contributed by atoms with Crippen molar-refractivity contribution in [1.29, 1.82) is 0 Å². The molecule has 6 heteroatoms. The number of carbonyl (C=O) groups excluding carboxylic acids is 1. The average Bonchev–Trinajstić information content (AvgIpc) is 2.98. The molecule has 44 heavy (non-hydrogen) atoms. The van der Waals surface area contributed by atoms with Crippen molar-refractivity contribution in [3.05, 3.63) is 76.6 Å². The van der Waals surface area contributed by atoms with E-state index in [1.807, 2.05) is 48.5 Å². The molecule has 0 atom stereocenters. The van der Waals surface area contributed by atoms with Gasteiger partial charge >= 0.3 is 0 Å². The number of hydrogen-bond donors (Lipinski definition) is 1. The van der Waals surface area contributed by atoms with E-state index in [-0.39, 0.29) is 42.5 Å². The fourth-order valence-corrected chi connectivity index (χ4v) is 5.41. The summed E-state index contributed by atoms with van der Waals surface area (Å²) in [4.78, 5) is 26.6. The van der Waals surface area contributed by atoms with E-state index in [0.717, 1.165) is 82.4 Å². The van der Waals surface area contributed by atoms with Crippen LogP contribution in [0.4, 0.5) is 0 Å². The number of ketones is 1. The van der Waals surface area contributed by atoms with Gasteiger partial charge in [-0.25, -0.2) is 4.98 Å². The molecule has 0 unspecified atom stereocenters. The predicted molar refractivity (Wildman–Crippen MR) is 181 cm³/mol. The molecule has 1 N–H and O–H groups in total. The van der Waals surface area contributed by atoms with Gasteiger partial charge in [-0.1, -0.05) is 74.4 Å². The second-order valence-corrected chi connectivity index (χ2v) is 12.4. The number of aromatic nitrogens is 3. The quantitative estimate of drug-likeness (QED) is 0.0794. The first kappa shape index (κ1) is 37.2. The zero-order valence-electron chi connectivity index (χ0n) is 28.5. The molecule has 239 valence electrons. The normalized spacial score (nSPS) is 12.1. The van der Waals surface area contributed by atoms with Crippen molar-refractivity contribution in [3.63, 3.8) is 0 Å². The summed E-state index contributed by atoms with van der Waals surface area (Å²) in [6.07, 6.45) is 5.55. The molecule has 0 aliphatic carbocycles. The average molecular weight is 773 g/mol.